The van der Waals surface area contributed by atoms with E-state index in [-0.39, 0.29) is 5.41 Å². The Bertz CT molecular complexity index is 3040. The van der Waals surface area contributed by atoms with Gasteiger partial charge in [0.05, 0.1) is 11.1 Å². The van der Waals surface area contributed by atoms with Crippen LogP contribution in [0.15, 0.2) is 188 Å². The minimum atomic E-state index is -0.445. The number of hydrogen-bond acceptors (Lipinski definition) is 1. The first-order valence-electron chi connectivity index (χ1n) is 23.3. The summed E-state index contributed by atoms with van der Waals surface area (Å²) < 4.78 is 0. The Balaban J connectivity index is 1.03. The highest BCUT2D eigenvalue weighted by Crippen LogP contribution is 2.70. The van der Waals surface area contributed by atoms with Crippen LogP contribution in [0.25, 0.3) is 33.4 Å². The van der Waals surface area contributed by atoms with Gasteiger partial charge < -0.3 is 4.90 Å². The maximum atomic E-state index is 2.60. The van der Waals surface area contributed by atoms with Crippen molar-refractivity contribution >= 4 is 17.1 Å². The van der Waals surface area contributed by atoms with Crippen LogP contribution in [0.4, 0.5) is 17.1 Å². The molecule has 1 heteroatoms. The molecule has 0 N–H and O–H groups in total. The largest absolute Gasteiger partial charge is 0.310 e. The summed E-state index contributed by atoms with van der Waals surface area (Å²) in [6.07, 6.45) is 9.11. The summed E-state index contributed by atoms with van der Waals surface area (Å²) in [5.41, 5.74) is 23.0. The van der Waals surface area contributed by atoms with E-state index in [2.05, 4.69) is 193 Å². The van der Waals surface area contributed by atoms with Crippen molar-refractivity contribution in [1.82, 2.24) is 0 Å². The van der Waals surface area contributed by atoms with E-state index in [4.69, 9.17) is 0 Å². The van der Waals surface area contributed by atoms with Crippen molar-refractivity contribution in [3.8, 4) is 33.4 Å². The van der Waals surface area contributed by atoms with E-state index in [9.17, 15) is 0 Å². The minimum Gasteiger partial charge on any atom is -0.310 e. The molecule has 0 heterocycles. The van der Waals surface area contributed by atoms with E-state index in [1.54, 1.807) is 11.1 Å². The van der Waals surface area contributed by atoms with Crippen molar-refractivity contribution in [2.24, 2.45) is 23.7 Å². The fourth-order valence-electron chi connectivity index (χ4n) is 14.9. The molecule has 0 unspecified atom stereocenters. The normalized spacial score (nSPS) is 23.5. The van der Waals surface area contributed by atoms with Gasteiger partial charge in [-0.3, -0.25) is 0 Å². The van der Waals surface area contributed by atoms with Crippen LogP contribution in [-0.2, 0) is 23.7 Å². The van der Waals surface area contributed by atoms with Gasteiger partial charge in [0, 0.05) is 22.4 Å². The molecule has 15 rings (SSSR count). The number of nitrogens with zero attached hydrogens (tertiary/aromatic N) is 1. The van der Waals surface area contributed by atoms with Crippen LogP contribution in [0.5, 0.6) is 0 Å². The Labute approximate surface area is 365 Å². The molecule has 8 aromatic carbocycles. The van der Waals surface area contributed by atoms with E-state index in [0.717, 1.165) is 36.5 Å². The van der Waals surface area contributed by atoms with Gasteiger partial charge in [0.15, 0.2) is 0 Å². The third kappa shape index (κ3) is 4.59. The summed E-state index contributed by atoms with van der Waals surface area (Å²) in [6.45, 7) is 0. The number of rotatable bonds is 4. The van der Waals surface area contributed by atoms with Crippen LogP contribution in [0.3, 0.4) is 0 Å². The van der Waals surface area contributed by atoms with Gasteiger partial charge in [-0.25, -0.2) is 0 Å². The molecule has 0 saturated heterocycles. The van der Waals surface area contributed by atoms with Gasteiger partial charge in [-0.05, 0) is 171 Å². The molecule has 0 aromatic heterocycles. The third-order valence-corrected chi connectivity index (χ3v) is 16.8. The average Bonchev–Trinajstić information content (AvgIpc) is 3.72. The highest BCUT2D eigenvalue weighted by atomic mass is 15.1. The van der Waals surface area contributed by atoms with Crippen LogP contribution in [0.2, 0.25) is 0 Å². The molecule has 8 aromatic rings. The van der Waals surface area contributed by atoms with Crippen LogP contribution in [-0.4, -0.2) is 0 Å². The van der Waals surface area contributed by atoms with Gasteiger partial charge in [0.25, 0.3) is 0 Å². The summed E-state index contributed by atoms with van der Waals surface area (Å²) in [4.78, 5) is 2.60. The molecule has 4 fully saturated rings. The van der Waals surface area contributed by atoms with E-state index < -0.39 is 5.41 Å². The maximum absolute atomic E-state index is 2.60. The van der Waals surface area contributed by atoms with Gasteiger partial charge in [-0.1, -0.05) is 158 Å². The Morgan fingerprint density at radius 3 is 1.55 bits per heavy atom. The predicted octanol–water partition coefficient (Wildman–Crippen LogP) is 15.0. The first-order chi connectivity index (χ1) is 30.7. The number of aryl methyl sites for hydroxylation is 2. The van der Waals surface area contributed by atoms with Gasteiger partial charge in [-0.15, -0.1) is 0 Å². The zero-order valence-electron chi connectivity index (χ0n) is 35.1. The lowest BCUT2D eigenvalue weighted by Crippen LogP contribution is -2.55. The Morgan fingerprint density at radius 1 is 0.355 bits per heavy atom. The van der Waals surface area contributed by atoms with E-state index >= 15 is 0 Å². The zero-order valence-corrected chi connectivity index (χ0v) is 35.1. The van der Waals surface area contributed by atoms with Gasteiger partial charge in [-0.2, -0.15) is 0 Å². The van der Waals surface area contributed by atoms with Gasteiger partial charge >= 0.3 is 0 Å². The van der Waals surface area contributed by atoms with Crippen molar-refractivity contribution in [1.29, 1.82) is 0 Å². The van der Waals surface area contributed by atoms with E-state index in [1.807, 2.05) is 0 Å². The minimum absolute atomic E-state index is 0.136. The van der Waals surface area contributed by atoms with Crippen molar-refractivity contribution < 1.29 is 0 Å². The average molecular weight is 796 g/mol. The van der Waals surface area contributed by atoms with E-state index in [0.29, 0.717) is 0 Å². The standard InChI is InChI=1S/C61H49N/c1-2-14-41(15-3-1)48-18-8-13-25-59(48)62(46-29-31-57-52(37-46)50-20-7-11-23-55(50)60(57)44-33-39-32-40(35-44)36-45(60)34-39)47-28-30-51-49-19-6-12-24-56(49)61(58(51)38-47)53-21-9-4-16-42(53)26-27-43-17-5-10-22-54(43)61/h1-25,28-31,37-40,44-45H,26-27,32-36H2. The van der Waals surface area contributed by atoms with Crippen molar-refractivity contribution in [2.75, 3.05) is 4.90 Å². The van der Waals surface area contributed by atoms with Gasteiger partial charge in [0.2, 0.25) is 0 Å². The van der Waals surface area contributed by atoms with Crippen LogP contribution in [0.1, 0.15) is 76.6 Å². The molecule has 0 radical (unpaired) electrons. The summed E-state index contributed by atoms with van der Waals surface area (Å²) in [5, 5.41) is 0. The highest BCUT2D eigenvalue weighted by molar-refractivity contribution is 5.94. The van der Waals surface area contributed by atoms with Crippen LogP contribution < -0.4 is 4.90 Å². The lowest BCUT2D eigenvalue weighted by Gasteiger charge is -2.61. The molecule has 298 valence electrons. The zero-order chi connectivity index (χ0) is 40.6. The Kier molecular flexibility index (Phi) is 7.40. The fraction of sp³-hybridized carbons (Fsp3) is 0.213. The molecule has 0 atom stereocenters. The molecule has 4 saturated carbocycles. The number of fused-ring (bicyclic) bond motifs is 12. The Morgan fingerprint density at radius 2 is 0.855 bits per heavy atom. The molecule has 1 nitrogen and oxygen atoms in total. The Hall–Kier alpha value is -6.44. The molecule has 7 aliphatic carbocycles. The molecule has 4 bridgehead atoms. The van der Waals surface area contributed by atoms with Crippen molar-refractivity contribution in [3.63, 3.8) is 0 Å². The SMILES string of the molecule is c1ccc(-c2ccccc2N(c2ccc3c(c2)-c2ccccc2C32C3CC4CC(C3)CC2C4)c2ccc3c(c2)C2(c4ccccc4CCc4ccccc42)c2ccccc2-3)cc1. The molecule has 62 heavy (non-hydrogen) atoms. The quantitative estimate of drug-likeness (QED) is 0.171. The summed E-state index contributed by atoms with van der Waals surface area (Å²) >= 11 is 0. The topological polar surface area (TPSA) is 3.24 Å². The molecule has 7 aliphatic rings. The molecule has 0 amide bonds. The van der Waals surface area contributed by atoms with Crippen molar-refractivity contribution in [2.45, 2.75) is 55.8 Å². The molecule has 2 spiro atoms. The second-order valence-corrected chi connectivity index (χ2v) is 19.5. The predicted molar refractivity (Wildman–Crippen MR) is 255 cm³/mol. The summed E-state index contributed by atoms with van der Waals surface area (Å²) in [5.74, 6) is 3.32. The smallest absolute Gasteiger partial charge is 0.0719 e. The molecule has 0 aliphatic heterocycles. The number of anilines is 3. The second kappa shape index (κ2) is 13.0. The lowest BCUT2D eigenvalue weighted by molar-refractivity contribution is -0.0399. The molecular formula is C61H49N. The van der Waals surface area contributed by atoms with Crippen LogP contribution in [0, 0.1) is 23.7 Å². The first-order valence-corrected chi connectivity index (χ1v) is 23.3. The molecular weight excluding hydrogens is 747 g/mol. The first kappa shape index (κ1) is 35.2. The van der Waals surface area contributed by atoms with E-state index in [1.165, 1.54) is 116 Å². The second-order valence-electron chi connectivity index (χ2n) is 19.5. The maximum Gasteiger partial charge on any atom is 0.0719 e. The fourth-order valence-corrected chi connectivity index (χ4v) is 14.9. The number of para-hydroxylation sites is 1. The number of benzene rings is 8. The summed E-state index contributed by atoms with van der Waals surface area (Å²) in [6, 6.07) is 72.6. The lowest BCUT2D eigenvalue weighted by atomic mass is 9.43. The third-order valence-electron chi connectivity index (χ3n) is 16.8. The number of hydrogen-bond donors (Lipinski definition) is 0. The summed E-state index contributed by atoms with van der Waals surface area (Å²) in [7, 11) is 0. The van der Waals surface area contributed by atoms with Gasteiger partial charge in [0.1, 0.15) is 0 Å². The highest BCUT2D eigenvalue weighted by Gasteiger charge is 2.61. The van der Waals surface area contributed by atoms with Crippen molar-refractivity contribution in [3.05, 3.63) is 233 Å². The van der Waals surface area contributed by atoms with Crippen LogP contribution >= 0.6 is 0 Å². The monoisotopic (exact) mass is 795 g/mol.